The van der Waals surface area contributed by atoms with Gasteiger partial charge < -0.3 is 10.2 Å². The number of nitrogens with zero attached hydrogens (tertiary/aromatic N) is 1. The molecule has 1 saturated heterocycles. The average Bonchev–Trinajstić information content (AvgIpc) is 2.66. The Bertz CT molecular complexity index is 444. The fourth-order valence-corrected chi connectivity index (χ4v) is 3.42. The van der Waals surface area contributed by atoms with Crippen molar-refractivity contribution in [1.29, 1.82) is 0 Å². The van der Waals surface area contributed by atoms with Crippen molar-refractivity contribution in [3.63, 3.8) is 0 Å². The largest absolute Gasteiger partial charge is 0.389 e. The summed E-state index contributed by atoms with van der Waals surface area (Å²) in [5.41, 5.74) is 1.71. The maximum Gasteiger partial charge on any atom is 0.0951 e. The molecule has 2 N–H and O–H groups in total. The Hall–Kier alpha value is -0.900. The molecule has 0 amide bonds. The van der Waals surface area contributed by atoms with Gasteiger partial charge in [0.1, 0.15) is 0 Å². The van der Waals surface area contributed by atoms with E-state index in [0.717, 1.165) is 31.4 Å². The van der Waals surface area contributed by atoms with E-state index in [2.05, 4.69) is 11.0 Å². The Balaban J connectivity index is 1.80. The van der Waals surface area contributed by atoms with Gasteiger partial charge in [-0.3, -0.25) is 4.90 Å². The van der Waals surface area contributed by atoms with Gasteiger partial charge in [-0.1, -0.05) is 24.3 Å². The summed E-state index contributed by atoms with van der Waals surface area (Å²) in [6.45, 7) is 3.54. The average molecular weight is 247 g/mol. The Kier molecular flexibility index (Phi) is 2.93. The molecule has 3 heteroatoms. The first-order chi connectivity index (χ1) is 8.57. The third-order valence-electron chi connectivity index (χ3n) is 4.34. The Morgan fingerprint density at radius 1 is 1.33 bits per heavy atom. The van der Waals surface area contributed by atoms with Crippen molar-refractivity contribution in [2.75, 3.05) is 13.1 Å². The summed E-state index contributed by atoms with van der Waals surface area (Å²) in [5, 5.41) is 20.6. The first kappa shape index (κ1) is 12.2. The van der Waals surface area contributed by atoms with E-state index in [-0.39, 0.29) is 6.04 Å². The van der Waals surface area contributed by atoms with E-state index in [0.29, 0.717) is 6.54 Å². The van der Waals surface area contributed by atoms with Gasteiger partial charge in [0, 0.05) is 12.6 Å². The van der Waals surface area contributed by atoms with Crippen LogP contribution in [-0.4, -0.2) is 39.8 Å². The lowest BCUT2D eigenvalue weighted by Gasteiger charge is -2.41. The molecule has 0 bridgehead atoms. The van der Waals surface area contributed by atoms with Crippen molar-refractivity contribution in [2.24, 2.45) is 0 Å². The van der Waals surface area contributed by atoms with E-state index >= 15 is 0 Å². The van der Waals surface area contributed by atoms with Crippen molar-refractivity contribution < 1.29 is 10.2 Å². The van der Waals surface area contributed by atoms with Crippen molar-refractivity contribution in [2.45, 2.75) is 43.9 Å². The number of aliphatic hydroxyl groups excluding tert-OH is 1. The Morgan fingerprint density at radius 2 is 2.11 bits per heavy atom. The molecule has 1 aromatic carbocycles. The minimum atomic E-state index is -0.604. The molecule has 18 heavy (non-hydrogen) atoms. The molecule has 98 valence electrons. The smallest absolute Gasteiger partial charge is 0.0951 e. The molecule has 0 radical (unpaired) electrons. The third kappa shape index (κ3) is 2.07. The van der Waals surface area contributed by atoms with Crippen molar-refractivity contribution in [1.82, 2.24) is 4.90 Å². The first-order valence-corrected chi connectivity index (χ1v) is 6.79. The molecule has 3 rings (SSSR count). The highest BCUT2D eigenvalue weighted by Crippen LogP contribution is 2.36. The molecule has 1 fully saturated rings. The van der Waals surface area contributed by atoms with E-state index in [4.69, 9.17) is 0 Å². The van der Waals surface area contributed by atoms with Crippen LogP contribution in [-0.2, 0) is 6.42 Å². The zero-order valence-corrected chi connectivity index (χ0v) is 10.8. The summed E-state index contributed by atoms with van der Waals surface area (Å²) in [6, 6.07) is 8.26. The van der Waals surface area contributed by atoms with Crippen LogP contribution in [0.25, 0.3) is 0 Å². The normalized spacial score (nSPS) is 36.6. The van der Waals surface area contributed by atoms with Crippen LogP contribution in [0.2, 0.25) is 0 Å². The van der Waals surface area contributed by atoms with Gasteiger partial charge >= 0.3 is 0 Å². The van der Waals surface area contributed by atoms with Gasteiger partial charge in [-0.2, -0.15) is 0 Å². The van der Waals surface area contributed by atoms with Crippen LogP contribution in [0.15, 0.2) is 24.3 Å². The lowest BCUT2D eigenvalue weighted by atomic mass is 9.93. The first-order valence-electron chi connectivity index (χ1n) is 6.79. The summed E-state index contributed by atoms with van der Waals surface area (Å²) in [5.74, 6) is 0. The molecule has 3 nitrogen and oxygen atoms in total. The number of hydrogen-bond acceptors (Lipinski definition) is 3. The van der Waals surface area contributed by atoms with Crippen LogP contribution in [0.3, 0.4) is 0 Å². The van der Waals surface area contributed by atoms with Gasteiger partial charge in [0.2, 0.25) is 0 Å². The standard InChI is InChI=1S/C15H21NO2/c1-15(18)7-4-8-16(10-15)13-9-11-5-2-3-6-12(11)14(13)17/h2-3,5-6,13-14,17-18H,4,7-10H2,1H3/t13-,14+,15+/m1/s1. The molecule has 1 aliphatic carbocycles. The molecular formula is C15H21NO2. The van der Waals surface area contributed by atoms with Crippen LogP contribution >= 0.6 is 0 Å². The minimum absolute atomic E-state index is 0.133. The lowest BCUT2D eigenvalue weighted by Crippen LogP contribution is -2.51. The number of benzene rings is 1. The van der Waals surface area contributed by atoms with E-state index in [1.165, 1.54) is 5.56 Å². The number of likely N-dealkylation sites (tertiary alicyclic amines) is 1. The van der Waals surface area contributed by atoms with Gasteiger partial charge in [-0.15, -0.1) is 0 Å². The van der Waals surface area contributed by atoms with Crippen molar-refractivity contribution in [3.05, 3.63) is 35.4 Å². The van der Waals surface area contributed by atoms with Crippen LogP contribution in [0.4, 0.5) is 0 Å². The van der Waals surface area contributed by atoms with E-state index in [1.54, 1.807) is 0 Å². The quantitative estimate of drug-likeness (QED) is 0.790. The van der Waals surface area contributed by atoms with E-state index in [9.17, 15) is 10.2 Å². The predicted molar refractivity (Wildman–Crippen MR) is 70.3 cm³/mol. The summed E-state index contributed by atoms with van der Waals surface area (Å²) >= 11 is 0. The molecule has 2 aliphatic rings. The topological polar surface area (TPSA) is 43.7 Å². The van der Waals surface area contributed by atoms with Gasteiger partial charge in [0.05, 0.1) is 11.7 Å². The maximum atomic E-state index is 10.4. The predicted octanol–water partition coefficient (Wildman–Crippen LogP) is 1.49. The number of piperidine rings is 1. The monoisotopic (exact) mass is 247 g/mol. The zero-order chi connectivity index (χ0) is 12.8. The van der Waals surface area contributed by atoms with E-state index < -0.39 is 11.7 Å². The van der Waals surface area contributed by atoms with E-state index in [1.807, 2.05) is 25.1 Å². The van der Waals surface area contributed by atoms with Crippen LogP contribution < -0.4 is 0 Å². The molecule has 1 heterocycles. The fourth-order valence-electron chi connectivity index (χ4n) is 3.42. The lowest BCUT2D eigenvalue weighted by molar-refractivity contribution is -0.0495. The highest BCUT2D eigenvalue weighted by atomic mass is 16.3. The highest BCUT2D eigenvalue weighted by Gasteiger charge is 2.39. The maximum absolute atomic E-state index is 10.4. The zero-order valence-electron chi connectivity index (χ0n) is 10.8. The summed E-state index contributed by atoms with van der Waals surface area (Å²) < 4.78 is 0. The minimum Gasteiger partial charge on any atom is -0.389 e. The summed E-state index contributed by atoms with van der Waals surface area (Å²) in [4.78, 5) is 2.26. The SMILES string of the molecule is C[C@]1(O)CCCN([C@@H]2Cc3ccccc3[C@@H]2O)C1. The molecule has 3 atom stereocenters. The molecule has 0 aromatic heterocycles. The highest BCUT2D eigenvalue weighted by molar-refractivity contribution is 5.36. The molecular weight excluding hydrogens is 226 g/mol. The molecule has 0 spiro atoms. The number of fused-ring (bicyclic) bond motifs is 1. The second kappa shape index (κ2) is 4.34. The van der Waals surface area contributed by atoms with Crippen LogP contribution in [0, 0.1) is 0 Å². The van der Waals surface area contributed by atoms with Gasteiger partial charge in [-0.25, -0.2) is 0 Å². The van der Waals surface area contributed by atoms with Crippen molar-refractivity contribution >= 4 is 0 Å². The number of hydrogen-bond donors (Lipinski definition) is 2. The number of rotatable bonds is 1. The molecule has 0 saturated carbocycles. The molecule has 0 unspecified atom stereocenters. The molecule has 1 aromatic rings. The number of aliphatic hydroxyl groups is 2. The van der Waals surface area contributed by atoms with Crippen LogP contribution in [0.1, 0.15) is 37.0 Å². The van der Waals surface area contributed by atoms with Gasteiger partial charge in [-0.05, 0) is 43.9 Å². The Morgan fingerprint density at radius 3 is 2.83 bits per heavy atom. The van der Waals surface area contributed by atoms with Crippen molar-refractivity contribution in [3.8, 4) is 0 Å². The third-order valence-corrected chi connectivity index (χ3v) is 4.34. The van der Waals surface area contributed by atoms with Gasteiger partial charge in [0.15, 0.2) is 0 Å². The second-order valence-electron chi connectivity index (χ2n) is 5.99. The second-order valence-corrected chi connectivity index (χ2v) is 5.99. The summed E-state index contributed by atoms with van der Waals surface area (Å²) in [7, 11) is 0. The summed E-state index contributed by atoms with van der Waals surface area (Å²) in [6.07, 6.45) is 2.36. The molecule has 1 aliphatic heterocycles. The fraction of sp³-hybridized carbons (Fsp3) is 0.600. The Labute approximate surface area is 108 Å². The van der Waals surface area contributed by atoms with Crippen LogP contribution in [0.5, 0.6) is 0 Å². The number of β-amino-alcohol motifs (C(OH)–C–C–N with tert-alkyl or cyclic N) is 1. The van der Waals surface area contributed by atoms with Gasteiger partial charge in [0.25, 0.3) is 0 Å².